The number of aromatic hydroxyl groups is 1. The number of benzene rings is 2. The average Bonchev–Trinajstić information content (AvgIpc) is 2.89. The number of phenols is 1. The summed E-state index contributed by atoms with van der Waals surface area (Å²) < 4.78 is 0. The Morgan fingerprint density at radius 3 is 2.59 bits per heavy atom. The molecular formula is C18H20N2O2. The highest BCUT2D eigenvalue weighted by molar-refractivity contribution is 5.77. The largest absolute Gasteiger partial charge is 0.508 e. The fourth-order valence-corrected chi connectivity index (χ4v) is 2.89. The van der Waals surface area contributed by atoms with E-state index in [-0.39, 0.29) is 17.8 Å². The van der Waals surface area contributed by atoms with Gasteiger partial charge in [-0.1, -0.05) is 42.5 Å². The van der Waals surface area contributed by atoms with Gasteiger partial charge < -0.3 is 14.9 Å². The molecule has 2 aromatic carbocycles. The van der Waals surface area contributed by atoms with Crippen LogP contribution in [-0.4, -0.2) is 34.0 Å². The fourth-order valence-electron chi connectivity index (χ4n) is 2.89. The van der Waals surface area contributed by atoms with Crippen LogP contribution in [0.5, 0.6) is 5.75 Å². The second-order valence-corrected chi connectivity index (χ2v) is 5.65. The molecule has 1 aliphatic heterocycles. The van der Waals surface area contributed by atoms with E-state index in [4.69, 9.17) is 0 Å². The third-order valence-electron chi connectivity index (χ3n) is 4.16. The Labute approximate surface area is 130 Å². The van der Waals surface area contributed by atoms with Crippen molar-refractivity contribution in [1.29, 1.82) is 0 Å². The van der Waals surface area contributed by atoms with Crippen LogP contribution < -0.4 is 0 Å². The lowest BCUT2D eigenvalue weighted by molar-refractivity contribution is 0.179. The molecule has 1 saturated heterocycles. The number of rotatable bonds is 4. The summed E-state index contributed by atoms with van der Waals surface area (Å²) in [6, 6.07) is 17.3. The van der Waals surface area contributed by atoms with Crippen molar-refractivity contribution in [3.63, 3.8) is 0 Å². The molecule has 3 rings (SSSR count). The summed E-state index contributed by atoms with van der Waals surface area (Å²) in [6.45, 7) is 4.04. The van der Waals surface area contributed by atoms with Crippen molar-refractivity contribution in [2.24, 2.45) is 0 Å². The lowest BCUT2D eigenvalue weighted by Gasteiger charge is -2.25. The lowest BCUT2D eigenvalue weighted by Crippen LogP contribution is -2.33. The monoisotopic (exact) mass is 296 g/mol. The summed E-state index contributed by atoms with van der Waals surface area (Å²) in [5, 5.41) is 9.53. The molecule has 0 unspecified atom stereocenters. The van der Waals surface area contributed by atoms with Crippen LogP contribution in [0.1, 0.15) is 24.1 Å². The molecule has 1 fully saturated rings. The van der Waals surface area contributed by atoms with Gasteiger partial charge >= 0.3 is 6.03 Å². The lowest BCUT2D eigenvalue weighted by atomic mass is 10.1. The van der Waals surface area contributed by atoms with Gasteiger partial charge in [-0.05, 0) is 30.2 Å². The first-order chi connectivity index (χ1) is 10.6. The van der Waals surface area contributed by atoms with Crippen LogP contribution in [0.3, 0.4) is 0 Å². The van der Waals surface area contributed by atoms with Crippen molar-refractivity contribution in [1.82, 2.24) is 9.80 Å². The molecule has 0 radical (unpaired) electrons. The molecule has 4 heteroatoms. The predicted octanol–water partition coefficient (Wildman–Crippen LogP) is 3.39. The minimum absolute atomic E-state index is 0.0553. The van der Waals surface area contributed by atoms with E-state index in [0.717, 1.165) is 17.7 Å². The van der Waals surface area contributed by atoms with Crippen LogP contribution in [0.15, 0.2) is 54.6 Å². The normalized spacial score (nSPS) is 16.1. The van der Waals surface area contributed by atoms with E-state index in [0.29, 0.717) is 13.1 Å². The molecule has 1 atom stereocenters. The first-order valence-electron chi connectivity index (χ1n) is 7.53. The predicted molar refractivity (Wildman–Crippen MR) is 85.5 cm³/mol. The smallest absolute Gasteiger partial charge is 0.320 e. The highest BCUT2D eigenvalue weighted by Crippen LogP contribution is 2.25. The number of carbonyl (C=O) groups excluding carboxylic acids is 1. The zero-order chi connectivity index (χ0) is 15.5. The standard InChI is InChI=1S/C18H20N2O2/c1-14(16-7-3-2-4-8-16)20-11-10-19(18(20)22)13-15-6-5-9-17(21)12-15/h2-9,12,14,21H,10-11,13H2,1H3/t14-/m0/s1. The first-order valence-corrected chi connectivity index (χ1v) is 7.53. The molecule has 2 aromatic rings. The van der Waals surface area contributed by atoms with E-state index >= 15 is 0 Å². The van der Waals surface area contributed by atoms with Gasteiger partial charge in [0, 0.05) is 19.6 Å². The van der Waals surface area contributed by atoms with Gasteiger partial charge in [-0.15, -0.1) is 0 Å². The molecule has 0 saturated carbocycles. The van der Waals surface area contributed by atoms with E-state index in [2.05, 4.69) is 19.1 Å². The van der Waals surface area contributed by atoms with Gasteiger partial charge in [0.25, 0.3) is 0 Å². The van der Waals surface area contributed by atoms with Crippen molar-refractivity contribution in [3.05, 3.63) is 65.7 Å². The molecule has 22 heavy (non-hydrogen) atoms. The summed E-state index contributed by atoms with van der Waals surface area (Å²) in [5.41, 5.74) is 2.10. The summed E-state index contributed by atoms with van der Waals surface area (Å²) in [7, 11) is 0. The molecule has 114 valence electrons. The maximum atomic E-state index is 12.6. The van der Waals surface area contributed by atoms with Crippen molar-refractivity contribution in [2.45, 2.75) is 19.5 Å². The van der Waals surface area contributed by atoms with E-state index in [1.165, 1.54) is 0 Å². The Hall–Kier alpha value is -2.49. The molecule has 1 aliphatic rings. The maximum absolute atomic E-state index is 12.6. The fraction of sp³-hybridized carbons (Fsp3) is 0.278. The molecule has 1 N–H and O–H groups in total. The van der Waals surface area contributed by atoms with Crippen molar-refractivity contribution >= 4 is 6.03 Å². The van der Waals surface area contributed by atoms with Gasteiger partial charge in [0.15, 0.2) is 0 Å². The van der Waals surface area contributed by atoms with Crippen LogP contribution in [-0.2, 0) is 6.54 Å². The molecule has 4 nitrogen and oxygen atoms in total. The van der Waals surface area contributed by atoms with Gasteiger partial charge in [0.1, 0.15) is 5.75 Å². The van der Waals surface area contributed by atoms with E-state index < -0.39 is 0 Å². The Bertz CT molecular complexity index is 657. The van der Waals surface area contributed by atoms with E-state index in [1.54, 1.807) is 18.2 Å². The number of urea groups is 1. The second-order valence-electron chi connectivity index (χ2n) is 5.65. The third-order valence-corrected chi connectivity index (χ3v) is 4.16. The van der Waals surface area contributed by atoms with Crippen LogP contribution in [0.25, 0.3) is 0 Å². The quantitative estimate of drug-likeness (QED) is 0.940. The molecule has 0 aromatic heterocycles. The number of hydrogen-bond acceptors (Lipinski definition) is 2. The van der Waals surface area contributed by atoms with Gasteiger partial charge in [0.2, 0.25) is 0 Å². The highest BCUT2D eigenvalue weighted by atomic mass is 16.3. The molecule has 0 spiro atoms. The maximum Gasteiger partial charge on any atom is 0.320 e. The minimum Gasteiger partial charge on any atom is -0.508 e. The molecule has 0 bridgehead atoms. The zero-order valence-electron chi connectivity index (χ0n) is 12.6. The van der Waals surface area contributed by atoms with Gasteiger partial charge in [-0.3, -0.25) is 0 Å². The average molecular weight is 296 g/mol. The van der Waals surface area contributed by atoms with Gasteiger partial charge in [0.05, 0.1) is 6.04 Å². The Morgan fingerprint density at radius 1 is 1.09 bits per heavy atom. The minimum atomic E-state index is 0.0553. The second kappa shape index (κ2) is 6.10. The highest BCUT2D eigenvalue weighted by Gasteiger charge is 2.32. The Kier molecular flexibility index (Phi) is 4.00. The van der Waals surface area contributed by atoms with Crippen molar-refractivity contribution in [3.8, 4) is 5.75 Å². The molecule has 0 aliphatic carbocycles. The topological polar surface area (TPSA) is 43.8 Å². The molecular weight excluding hydrogens is 276 g/mol. The summed E-state index contributed by atoms with van der Waals surface area (Å²) >= 11 is 0. The van der Waals surface area contributed by atoms with Crippen LogP contribution in [0, 0.1) is 0 Å². The van der Waals surface area contributed by atoms with E-state index in [9.17, 15) is 9.90 Å². The van der Waals surface area contributed by atoms with Crippen LogP contribution in [0.2, 0.25) is 0 Å². The summed E-state index contributed by atoms with van der Waals surface area (Å²) in [5.74, 6) is 0.235. The first kappa shape index (κ1) is 14.4. The summed E-state index contributed by atoms with van der Waals surface area (Å²) in [4.78, 5) is 16.3. The van der Waals surface area contributed by atoms with Crippen molar-refractivity contribution < 1.29 is 9.90 Å². The van der Waals surface area contributed by atoms with Crippen LogP contribution in [0.4, 0.5) is 4.79 Å². The number of nitrogens with zero attached hydrogens (tertiary/aromatic N) is 2. The third kappa shape index (κ3) is 2.91. The van der Waals surface area contributed by atoms with E-state index in [1.807, 2.05) is 34.1 Å². The summed E-state index contributed by atoms with van der Waals surface area (Å²) in [6.07, 6.45) is 0. The Morgan fingerprint density at radius 2 is 1.86 bits per heavy atom. The van der Waals surface area contributed by atoms with Crippen LogP contribution >= 0.6 is 0 Å². The van der Waals surface area contributed by atoms with Gasteiger partial charge in [-0.25, -0.2) is 4.79 Å². The molecule has 2 amide bonds. The number of hydrogen-bond donors (Lipinski definition) is 1. The SMILES string of the molecule is C[C@@H](c1ccccc1)N1CCN(Cc2cccc(O)c2)C1=O. The number of amides is 2. The zero-order valence-corrected chi connectivity index (χ0v) is 12.6. The number of carbonyl (C=O) groups is 1. The van der Waals surface area contributed by atoms with Gasteiger partial charge in [-0.2, -0.15) is 0 Å². The molecule has 1 heterocycles. The van der Waals surface area contributed by atoms with Crippen molar-refractivity contribution in [2.75, 3.05) is 13.1 Å². The Balaban J connectivity index is 1.70. The number of phenolic OH excluding ortho intramolecular Hbond substituents is 1.